The lowest BCUT2D eigenvalue weighted by Gasteiger charge is -2.59. The fourth-order valence-electron chi connectivity index (χ4n) is 5.64. The van der Waals surface area contributed by atoms with Gasteiger partial charge in [0.2, 0.25) is 5.91 Å². The summed E-state index contributed by atoms with van der Waals surface area (Å²) in [6, 6.07) is 4.95. The zero-order valence-electron chi connectivity index (χ0n) is 14.6. The van der Waals surface area contributed by atoms with Crippen molar-refractivity contribution in [1.29, 1.82) is 0 Å². The number of carbonyl (C=O) groups is 1. The highest BCUT2D eigenvalue weighted by Crippen LogP contribution is 2.64. The molecule has 1 aromatic rings. The van der Waals surface area contributed by atoms with Crippen molar-refractivity contribution in [2.24, 2.45) is 17.3 Å². The summed E-state index contributed by atoms with van der Waals surface area (Å²) in [6.07, 6.45) is 7.63. The van der Waals surface area contributed by atoms with Crippen LogP contribution in [0.4, 0.5) is 5.69 Å². The molecule has 0 aliphatic heterocycles. The number of alkyl halides is 1. The Kier molecular flexibility index (Phi) is 3.90. The number of benzene rings is 1. The van der Waals surface area contributed by atoms with Gasteiger partial charge in [0.25, 0.3) is 0 Å². The third-order valence-electron chi connectivity index (χ3n) is 6.36. The number of nitrogens with one attached hydrogen (secondary N) is 1. The van der Waals surface area contributed by atoms with Crippen molar-refractivity contribution in [2.45, 2.75) is 54.7 Å². The van der Waals surface area contributed by atoms with E-state index in [4.69, 9.17) is 0 Å². The Morgan fingerprint density at radius 3 is 2.40 bits per heavy atom. The van der Waals surface area contributed by atoms with Crippen LogP contribution >= 0.6 is 15.9 Å². The lowest BCUT2D eigenvalue weighted by atomic mass is 9.49. The molecule has 4 bridgehead atoms. The van der Waals surface area contributed by atoms with Gasteiger partial charge in [-0.3, -0.25) is 4.79 Å². The average Bonchev–Trinajstić information content (AvgIpc) is 2.45. The lowest BCUT2D eigenvalue weighted by molar-refractivity contribution is -0.138. The van der Waals surface area contributed by atoms with Crippen LogP contribution in [0, 0.1) is 24.2 Å². The van der Waals surface area contributed by atoms with E-state index in [9.17, 15) is 13.2 Å². The van der Waals surface area contributed by atoms with Crippen molar-refractivity contribution >= 4 is 37.4 Å². The molecule has 4 aliphatic rings. The third kappa shape index (κ3) is 3.05. The number of anilines is 1. The highest BCUT2D eigenvalue weighted by Gasteiger charge is 2.59. The molecule has 0 saturated heterocycles. The van der Waals surface area contributed by atoms with Gasteiger partial charge >= 0.3 is 0 Å². The van der Waals surface area contributed by atoms with Gasteiger partial charge in [0.15, 0.2) is 9.84 Å². The number of aryl methyl sites for hydroxylation is 1. The number of sulfone groups is 1. The first kappa shape index (κ1) is 17.5. The molecule has 0 spiro atoms. The molecule has 0 aromatic heterocycles. The molecule has 5 rings (SSSR count). The van der Waals surface area contributed by atoms with Gasteiger partial charge in [-0.1, -0.05) is 22.0 Å². The second-order valence-electron chi connectivity index (χ2n) is 8.60. The predicted octanol–water partition coefficient (Wildman–Crippen LogP) is 4.07. The minimum atomic E-state index is -3.29. The van der Waals surface area contributed by atoms with E-state index in [1.807, 2.05) is 6.92 Å². The number of carbonyl (C=O) groups excluding carboxylic acids is 1. The number of hydrogen-bond acceptors (Lipinski definition) is 3. The van der Waals surface area contributed by atoms with Crippen LogP contribution in [-0.4, -0.2) is 24.9 Å². The summed E-state index contributed by atoms with van der Waals surface area (Å²) in [5.41, 5.74) is 1.20. The normalized spacial score (nSPS) is 36.4. The van der Waals surface area contributed by atoms with Gasteiger partial charge in [0, 0.05) is 16.3 Å². The monoisotopic (exact) mass is 425 g/mol. The molecule has 1 amide bonds. The summed E-state index contributed by atoms with van der Waals surface area (Å²) in [7, 11) is -3.29. The Hall–Kier alpha value is -0.880. The summed E-state index contributed by atoms with van der Waals surface area (Å²) in [6.45, 7) is 1.90. The Morgan fingerprint density at radius 2 is 1.84 bits per heavy atom. The quantitative estimate of drug-likeness (QED) is 0.742. The molecule has 25 heavy (non-hydrogen) atoms. The summed E-state index contributed by atoms with van der Waals surface area (Å²) in [5.74, 6) is 1.34. The van der Waals surface area contributed by atoms with Gasteiger partial charge in [-0.2, -0.15) is 0 Å². The molecule has 2 unspecified atom stereocenters. The Balaban J connectivity index is 1.63. The van der Waals surface area contributed by atoms with Crippen molar-refractivity contribution < 1.29 is 13.2 Å². The highest BCUT2D eigenvalue weighted by atomic mass is 79.9. The van der Waals surface area contributed by atoms with Crippen molar-refractivity contribution in [1.82, 2.24) is 0 Å². The van der Waals surface area contributed by atoms with Crippen LogP contribution in [0.15, 0.2) is 23.1 Å². The van der Waals surface area contributed by atoms with Crippen LogP contribution in [0.1, 0.15) is 44.1 Å². The van der Waals surface area contributed by atoms with Gasteiger partial charge in [-0.25, -0.2) is 8.42 Å². The first-order valence-corrected chi connectivity index (χ1v) is 11.6. The molecule has 4 fully saturated rings. The van der Waals surface area contributed by atoms with E-state index in [0.29, 0.717) is 17.5 Å². The summed E-state index contributed by atoms with van der Waals surface area (Å²) in [4.78, 5) is 13.5. The molecule has 0 heterocycles. The Morgan fingerprint density at radius 1 is 1.20 bits per heavy atom. The van der Waals surface area contributed by atoms with Crippen molar-refractivity contribution in [3.8, 4) is 0 Å². The Bertz CT molecular complexity index is 834. The second-order valence-corrected chi connectivity index (χ2v) is 12.3. The summed E-state index contributed by atoms with van der Waals surface area (Å²) < 4.78 is 23.8. The highest BCUT2D eigenvalue weighted by molar-refractivity contribution is 9.10. The van der Waals surface area contributed by atoms with E-state index in [1.54, 1.807) is 18.2 Å². The predicted molar refractivity (Wildman–Crippen MR) is 102 cm³/mol. The summed E-state index contributed by atoms with van der Waals surface area (Å²) in [5, 5.41) is 3.07. The van der Waals surface area contributed by atoms with Crippen LogP contribution in [0.25, 0.3) is 0 Å². The van der Waals surface area contributed by atoms with Crippen LogP contribution < -0.4 is 5.32 Å². The second kappa shape index (κ2) is 5.56. The molecule has 1 aromatic carbocycles. The van der Waals surface area contributed by atoms with E-state index in [2.05, 4.69) is 21.2 Å². The van der Waals surface area contributed by atoms with Gasteiger partial charge in [-0.15, -0.1) is 0 Å². The van der Waals surface area contributed by atoms with Gasteiger partial charge < -0.3 is 5.32 Å². The first-order valence-electron chi connectivity index (χ1n) is 8.90. The van der Waals surface area contributed by atoms with Crippen LogP contribution in [0.2, 0.25) is 0 Å². The van der Waals surface area contributed by atoms with E-state index >= 15 is 0 Å². The van der Waals surface area contributed by atoms with Crippen LogP contribution in [0.3, 0.4) is 0 Å². The SMILES string of the molecule is Cc1ccc(S(C)(=O)=O)cc1NC(=O)C12CC3CC(CC(Br)(C3)C1)C2. The molecule has 136 valence electrons. The third-order valence-corrected chi connectivity index (χ3v) is 8.39. The van der Waals surface area contributed by atoms with Crippen molar-refractivity contribution in [3.63, 3.8) is 0 Å². The molecular weight excluding hydrogens is 402 g/mol. The standard InChI is InChI=1S/C19H24BrNO3S/c1-12-3-4-15(25(2,23)24)6-16(12)21-17(22)18-7-13-5-14(8-18)10-19(20,9-13)11-18/h3-4,6,13-14H,5,7-11H2,1-2H3,(H,21,22). The Labute approximate surface area is 157 Å². The molecule has 4 nitrogen and oxygen atoms in total. The minimum absolute atomic E-state index is 0.0687. The smallest absolute Gasteiger partial charge is 0.230 e. The van der Waals surface area contributed by atoms with E-state index in [1.165, 1.54) is 25.5 Å². The number of halogens is 1. The maximum absolute atomic E-state index is 13.2. The zero-order valence-corrected chi connectivity index (χ0v) is 17.0. The molecular formula is C19H24BrNO3S. The van der Waals surface area contributed by atoms with Gasteiger partial charge in [0.05, 0.1) is 10.3 Å². The van der Waals surface area contributed by atoms with Gasteiger partial charge in [0.1, 0.15) is 0 Å². The number of rotatable bonds is 3. The first-order chi connectivity index (χ1) is 11.6. The maximum Gasteiger partial charge on any atom is 0.230 e. The lowest BCUT2D eigenvalue weighted by Crippen LogP contribution is -2.57. The van der Waals surface area contributed by atoms with E-state index in [0.717, 1.165) is 24.8 Å². The molecule has 1 N–H and O–H groups in total. The molecule has 0 radical (unpaired) electrons. The van der Waals surface area contributed by atoms with Crippen molar-refractivity contribution in [3.05, 3.63) is 23.8 Å². The fourth-order valence-corrected chi connectivity index (χ4v) is 7.74. The van der Waals surface area contributed by atoms with Crippen LogP contribution in [0.5, 0.6) is 0 Å². The van der Waals surface area contributed by atoms with Crippen LogP contribution in [-0.2, 0) is 14.6 Å². The average molecular weight is 426 g/mol. The fraction of sp³-hybridized carbons (Fsp3) is 0.632. The van der Waals surface area contributed by atoms with Gasteiger partial charge in [-0.05, 0) is 75.0 Å². The maximum atomic E-state index is 13.2. The van der Waals surface area contributed by atoms with Crippen molar-refractivity contribution in [2.75, 3.05) is 11.6 Å². The number of hydrogen-bond donors (Lipinski definition) is 1. The molecule has 4 saturated carbocycles. The zero-order chi connectivity index (χ0) is 18.0. The largest absolute Gasteiger partial charge is 0.325 e. The minimum Gasteiger partial charge on any atom is -0.325 e. The topological polar surface area (TPSA) is 63.2 Å². The molecule has 4 aliphatic carbocycles. The van der Waals surface area contributed by atoms with E-state index < -0.39 is 9.84 Å². The molecule has 2 atom stereocenters. The molecule has 6 heteroatoms. The van der Waals surface area contributed by atoms with E-state index in [-0.39, 0.29) is 20.5 Å². The summed E-state index contributed by atoms with van der Waals surface area (Å²) >= 11 is 3.94. The number of amides is 1.